The van der Waals surface area contributed by atoms with Crippen LogP contribution in [0.5, 0.6) is 0 Å². The number of amides is 1. The Bertz CT molecular complexity index is 465. The fourth-order valence-electron chi connectivity index (χ4n) is 1.75. The summed E-state index contributed by atoms with van der Waals surface area (Å²) in [4.78, 5) is 34.9. The van der Waals surface area contributed by atoms with Crippen molar-refractivity contribution in [3.05, 3.63) is 35.6 Å². The maximum atomic E-state index is 12.7. The SMILES string of the molecule is O=C1CCNC(=O)C1C(=O)c1ccc(F)cc1. The standard InChI is InChI=1S/C12H10FNO3/c13-8-3-1-7(2-4-8)11(16)10-9(15)5-6-14-12(10)17/h1-4,10H,5-6H2,(H,14,17). The highest BCUT2D eigenvalue weighted by Crippen LogP contribution is 2.15. The van der Waals surface area contributed by atoms with Crippen molar-refractivity contribution in [1.82, 2.24) is 5.32 Å². The number of halogens is 1. The molecule has 1 unspecified atom stereocenters. The predicted octanol–water partition coefficient (Wildman–Crippen LogP) is 0.714. The molecule has 4 nitrogen and oxygen atoms in total. The second-order valence-electron chi connectivity index (χ2n) is 3.81. The highest BCUT2D eigenvalue weighted by molar-refractivity contribution is 6.24. The van der Waals surface area contributed by atoms with Crippen LogP contribution in [0, 0.1) is 11.7 Å². The smallest absolute Gasteiger partial charge is 0.238 e. The van der Waals surface area contributed by atoms with Gasteiger partial charge in [-0.3, -0.25) is 14.4 Å². The fourth-order valence-corrected chi connectivity index (χ4v) is 1.75. The van der Waals surface area contributed by atoms with Crippen molar-refractivity contribution in [2.45, 2.75) is 6.42 Å². The van der Waals surface area contributed by atoms with Gasteiger partial charge < -0.3 is 5.32 Å². The van der Waals surface area contributed by atoms with Crippen LogP contribution in [0.15, 0.2) is 24.3 Å². The third-order valence-corrected chi connectivity index (χ3v) is 2.65. The molecule has 1 aromatic carbocycles. The van der Waals surface area contributed by atoms with Crippen molar-refractivity contribution < 1.29 is 18.8 Å². The van der Waals surface area contributed by atoms with Crippen LogP contribution in [0.1, 0.15) is 16.8 Å². The normalized spacial score (nSPS) is 19.9. The van der Waals surface area contributed by atoms with E-state index in [1.807, 2.05) is 0 Å². The quantitative estimate of drug-likeness (QED) is 0.606. The van der Waals surface area contributed by atoms with E-state index in [-0.39, 0.29) is 24.3 Å². The molecule has 1 amide bonds. The number of piperidine rings is 1. The highest BCUT2D eigenvalue weighted by atomic mass is 19.1. The lowest BCUT2D eigenvalue weighted by atomic mass is 9.89. The molecule has 1 aromatic rings. The zero-order valence-corrected chi connectivity index (χ0v) is 8.90. The summed E-state index contributed by atoms with van der Waals surface area (Å²) in [6, 6.07) is 4.79. The Balaban J connectivity index is 2.27. The molecule has 0 spiro atoms. The van der Waals surface area contributed by atoms with Crippen LogP contribution in [-0.2, 0) is 9.59 Å². The molecule has 1 aliphatic rings. The molecule has 1 N–H and O–H groups in total. The van der Waals surface area contributed by atoms with E-state index in [2.05, 4.69) is 5.32 Å². The molecule has 1 saturated heterocycles. The van der Waals surface area contributed by atoms with E-state index in [1.165, 1.54) is 12.1 Å². The molecule has 17 heavy (non-hydrogen) atoms. The largest absolute Gasteiger partial charge is 0.355 e. The van der Waals surface area contributed by atoms with Crippen LogP contribution >= 0.6 is 0 Å². The minimum Gasteiger partial charge on any atom is -0.355 e. The predicted molar refractivity (Wildman–Crippen MR) is 56.9 cm³/mol. The third-order valence-electron chi connectivity index (χ3n) is 2.65. The van der Waals surface area contributed by atoms with Gasteiger partial charge in [0.2, 0.25) is 5.91 Å². The van der Waals surface area contributed by atoms with Crippen molar-refractivity contribution in [3.63, 3.8) is 0 Å². The van der Waals surface area contributed by atoms with Gasteiger partial charge in [-0.2, -0.15) is 0 Å². The van der Waals surface area contributed by atoms with Crippen molar-refractivity contribution in [3.8, 4) is 0 Å². The van der Waals surface area contributed by atoms with Gasteiger partial charge in [0, 0.05) is 18.5 Å². The lowest BCUT2D eigenvalue weighted by Gasteiger charge is -2.19. The Kier molecular flexibility index (Phi) is 2.99. The Morgan fingerprint density at radius 2 is 1.88 bits per heavy atom. The molecular weight excluding hydrogens is 225 g/mol. The van der Waals surface area contributed by atoms with Crippen LogP contribution in [0.4, 0.5) is 4.39 Å². The van der Waals surface area contributed by atoms with E-state index in [9.17, 15) is 18.8 Å². The van der Waals surface area contributed by atoms with Crippen molar-refractivity contribution in [2.24, 2.45) is 5.92 Å². The number of hydrogen-bond donors (Lipinski definition) is 1. The number of hydrogen-bond acceptors (Lipinski definition) is 3. The number of Topliss-reactive ketones (excluding diaryl/α,β-unsaturated/α-hetero) is 2. The number of carbonyl (C=O) groups excluding carboxylic acids is 3. The molecule has 1 fully saturated rings. The molecule has 0 saturated carbocycles. The molecule has 5 heteroatoms. The molecular formula is C12H10FNO3. The summed E-state index contributed by atoms with van der Waals surface area (Å²) in [6.07, 6.45) is 0.156. The number of nitrogens with one attached hydrogen (secondary N) is 1. The summed E-state index contributed by atoms with van der Waals surface area (Å²) in [6.45, 7) is 0.269. The summed E-state index contributed by atoms with van der Waals surface area (Å²) >= 11 is 0. The van der Waals surface area contributed by atoms with Gasteiger partial charge in [-0.05, 0) is 24.3 Å². The second-order valence-corrected chi connectivity index (χ2v) is 3.81. The van der Waals surface area contributed by atoms with Gasteiger partial charge >= 0.3 is 0 Å². The summed E-state index contributed by atoms with van der Waals surface area (Å²) in [5.41, 5.74) is 0.168. The van der Waals surface area contributed by atoms with Gasteiger partial charge in [0.05, 0.1) is 0 Å². The highest BCUT2D eigenvalue weighted by Gasteiger charge is 2.36. The lowest BCUT2D eigenvalue weighted by molar-refractivity contribution is -0.134. The van der Waals surface area contributed by atoms with Crippen LogP contribution in [-0.4, -0.2) is 24.0 Å². The fraction of sp³-hybridized carbons (Fsp3) is 0.250. The average molecular weight is 235 g/mol. The molecule has 1 heterocycles. The van der Waals surface area contributed by atoms with Crippen LogP contribution in [0.3, 0.4) is 0 Å². The topological polar surface area (TPSA) is 63.2 Å². The number of benzene rings is 1. The zero-order chi connectivity index (χ0) is 12.4. The monoisotopic (exact) mass is 235 g/mol. The van der Waals surface area contributed by atoms with E-state index in [0.717, 1.165) is 12.1 Å². The van der Waals surface area contributed by atoms with Crippen molar-refractivity contribution >= 4 is 17.5 Å². The molecule has 0 bridgehead atoms. The summed E-state index contributed by atoms with van der Waals surface area (Å²) in [5, 5.41) is 2.47. The first kappa shape index (κ1) is 11.4. The van der Waals surface area contributed by atoms with Crippen molar-refractivity contribution in [2.75, 3.05) is 6.54 Å². The number of ketones is 2. The van der Waals surface area contributed by atoms with Gasteiger partial charge in [-0.15, -0.1) is 0 Å². The zero-order valence-electron chi connectivity index (χ0n) is 8.90. The Hall–Kier alpha value is -2.04. The summed E-state index contributed by atoms with van der Waals surface area (Å²) in [5.74, 6) is -3.29. The molecule has 0 radical (unpaired) electrons. The first-order valence-electron chi connectivity index (χ1n) is 5.20. The molecule has 1 aliphatic heterocycles. The maximum absolute atomic E-state index is 12.7. The first-order valence-corrected chi connectivity index (χ1v) is 5.20. The van der Waals surface area contributed by atoms with E-state index in [1.54, 1.807) is 0 Å². The van der Waals surface area contributed by atoms with Gasteiger partial charge in [0.1, 0.15) is 5.82 Å². The van der Waals surface area contributed by atoms with Gasteiger partial charge in [-0.25, -0.2) is 4.39 Å². The Labute approximate surface area is 96.8 Å². The van der Waals surface area contributed by atoms with E-state index in [0.29, 0.717) is 0 Å². The molecule has 0 aromatic heterocycles. The maximum Gasteiger partial charge on any atom is 0.238 e. The minimum atomic E-state index is -1.28. The molecule has 0 aliphatic carbocycles. The second kappa shape index (κ2) is 4.45. The van der Waals surface area contributed by atoms with E-state index >= 15 is 0 Å². The van der Waals surface area contributed by atoms with Gasteiger partial charge in [0.15, 0.2) is 17.5 Å². The first-order chi connectivity index (χ1) is 8.09. The summed E-state index contributed by atoms with van der Waals surface area (Å²) in [7, 11) is 0. The van der Waals surface area contributed by atoms with Gasteiger partial charge in [-0.1, -0.05) is 0 Å². The molecule has 1 atom stereocenters. The Morgan fingerprint density at radius 3 is 2.47 bits per heavy atom. The number of carbonyl (C=O) groups is 3. The molecule has 2 rings (SSSR count). The van der Waals surface area contributed by atoms with Crippen molar-refractivity contribution in [1.29, 1.82) is 0 Å². The Morgan fingerprint density at radius 1 is 1.24 bits per heavy atom. The van der Waals surface area contributed by atoms with E-state index < -0.39 is 23.4 Å². The molecule has 88 valence electrons. The average Bonchev–Trinajstić information content (AvgIpc) is 2.29. The van der Waals surface area contributed by atoms with Gasteiger partial charge in [0.25, 0.3) is 0 Å². The lowest BCUT2D eigenvalue weighted by Crippen LogP contribution is -2.46. The summed E-state index contributed by atoms with van der Waals surface area (Å²) < 4.78 is 12.7. The van der Waals surface area contributed by atoms with E-state index in [4.69, 9.17) is 0 Å². The van der Waals surface area contributed by atoms with Crippen LogP contribution in [0.2, 0.25) is 0 Å². The minimum absolute atomic E-state index is 0.156. The van der Waals surface area contributed by atoms with Crippen LogP contribution in [0.25, 0.3) is 0 Å². The number of rotatable bonds is 2. The van der Waals surface area contributed by atoms with Crippen LogP contribution < -0.4 is 5.32 Å². The third kappa shape index (κ3) is 2.22.